The van der Waals surface area contributed by atoms with Gasteiger partial charge in [0.15, 0.2) is 5.65 Å². The lowest BCUT2D eigenvalue weighted by Crippen LogP contribution is -2.39. The average molecular weight is 340 g/mol. The Hall–Kier alpha value is -2.70. The first-order valence-electron chi connectivity index (χ1n) is 8.57. The number of fused-ring (bicyclic) bond motifs is 1. The quantitative estimate of drug-likeness (QED) is 0.760. The Morgan fingerprint density at radius 3 is 2.56 bits per heavy atom. The van der Waals surface area contributed by atoms with E-state index in [1.165, 1.54) is 18.6 Å². The zero-order valence-corrected chi connectivity index (χ0v) is 14.3. The van der Waals surface area contributed by atoms with Gasteiger partial charge in [-0.15, -0.1) is 0 Å². The van der Waals surface area contributed by atoms with E-state index in [0.29, 0.717) is 29.2 Å². The molecule has 0 bridgehead atoms. The summed E-state index contributed by atoms with van der Waals surface area (Å²) in [7, 11) is 0. The van der Waals surface area contributed by atoms with Crippen molar-refractivity contribution < 1.29 is 4.39 Å². The molecule has 0 spiro atoms. The van der Waals surface area contributed by atoms with Crippen molar-refractivity contribution in [1.29, 1.82) is 0 Å². The molecule has 0 amide bonds. The Morgan fingerprint density at radius 1 is 1.12 bits per heavy atom. The van der Waals surface area contributed by atoms with Crippen molar-refractivity contribution in [1.82, 2.24) is 20.2 Å². The maximum absolute atomic E-state index is 13.1. The largest absolute Gasteiger partial charge is 0.340 e. The summed E-state index contributed by atoms with van der Waals surface area (Å²) in [5, 5.41) is 11.1. The summed E-state index contributed by atoms with van der Waals surface area (Å²) in [6.45, 7) is 6.41. The fraction of sp³-hybridized carbons (Fsp3) is 0.389. The fourth-order valence-corrected chi connectivity index (χ4v) is 3.56. The minimum atomic E-state index is -0.265. The molecule has 25 heavy (non-hydrogen) atoms. The van der Waals surface area contributed by atoms with Gasteiger partial charge in [-0.2, -0.15) is 15.1 Å². The summed E-state index contributed by atoms with van der Waals surface area (Å²) in [6, 6.07) is 6.22. The zero-order valence-electron chi connectivity index (χ0n) is 14.3. The molecular weight excluding hydrogens is 319 g/mol. The van der Waals surface area contributed by atoms with E-state index >= 15 is 0 Å². The first-order chi connectivity index (χ1) is 12.1. The van der Waals surface area contributed by atoms with E-state index in [2.05, 4.69) is 39.2 Å². The van der Waals surface area contributed by atoms with Crippen LogP contribution in [0.5, 0.6) is 0 Å². The number of aromatic nitrogens is 4. The first kappa shape index (κ1) is 15.8. The molecule has 4 rings (SSSR count). The summed E-state index contributed by atoms with van der Waals surface area (Å²) >= 11 is 0. The van der Waals surface area contributed by atoms with Crippen LogP contribution in [0.4, 0.5) is 21.8 Å². The van der Waals surface area contributed by atoms with Gasteiger partial charge in [0.05, 0.1) is 11.6 Å². The van der Waals surface area contributed by atoms with Crippen LogP contribution in [0.15, 0.2) is 30.5 Å². The van der Waals surface area contributed by atoms with Crippen LogP contribution in [0, 0.1) is 17.7 Å². The van der Waals surface area contributed by atoms with Gasteiger partial charge in [-0.05, 0) is 42.5 Å². The Labute approximate surface area is 145 Å². The van der Waals surface area contributed by atoms with Gasteiger partial charge >= 0.3 is 0 Å². The number of aromatic amines is 1. The maximum atomic E-state index is 13.1. The number of piperidine rings is 1. The van der Waals surface area contributed by atoms with Crippen molar-refractivity contribution in [3.63, 3.8) is 0 Å². The Balaban J connectivity index is 1.70. The van der Waals surface area contributed by atoms with Crippen molar-refractivity contribution in [2.24, 2.45) is 11.8 Å². The molecule has 1 aromatic carbocycles. The summed E-state index contributed by atoms with van der Waals surface area (Å²) in [5.74, 6) is 2.32. The van der Waals surface area contributed by atoms with Crippen LogP contribution in [0.25, 0.3) is 11.0 Å². The molecule has 7 heteroatoms. The smallest absolute Gasteiger partial charge is 0.229 e. The monoisotopic (exact) mass is 340 g/mol. The van der Waals surface area contributed by atoms with Gasteiger partial charge in [-0.3, -0.25) is 5.10 Å². The molecule has 3 aromatic rings. The van der Waals surface area contributed by atoms with Crippen molar-refractivity contribution in [3.8, 4) is 0 Å². The van der Waals surface area contributed by atoms with E-state index in [9.17, 15) is 4.39 Å². The number of benzene rings is 1. The van der Waals surface area contributed by atoms with E-state index < -0.39 is 0 Å². The lowest BCUT2D eigenvalue weighted by atomic mass is 9.92. The molecule has 2 atom stereocenters. The van der Waals surface area contributed by atoms with Crippen LogP contribution in [0.3, 0.4) is 0 Å². The molecule has 0 aliphatic carbocycles. The third kappa shape index (κ3) is 3.26. The Bertz CT molecular complexity index is 865. The van der Waals surface area contributed by atoms with E-state index in [1.807, 2.05) is 0 Å². The molecule has 3 heterocycles. The van der Waals surface area contributed by atoms with Gasteiger partial charge in [-0.1, -0.05) is 13.8 Å². The third-order valence-electron chi connectivity index (χ3n) is 4.56. The normalized spacial score (nSPS) is 20.8. The van der Waals surface area contributed by atoms with E-state index in [4.69, 9.17) is 4.98 Å². The van der Waals surface area contributed by atoms with Crippen LogP contribution in [-0.4, -0.2) is 33.3 Å². The summed E-state index contributed by atoms with van der Waals surface area (Å²) in [4.78, 5) is 11.6. The second kappa shape index (κ2) is 6.31. The van der Waals surface area contributed by atoms with Crippen LogP contribution in [-0.2, 0) is 0 Å². The number of nitrogens with one attached hydrogen (secondary N) is 2. The van der Waals surface area contributed by atoms with Gasteiger partial charge in [0.25, 0.3) is 0 Å². The zero-order chi connectivity index (χ0) is 17.4. The highest BCUT2D eigenvalue weighted by atomic mass is 19.1. The van der Waals surface area contributed by atoms with Crippen molar-refractivity contribution in [2.45, 2.75) is 20.3 Å². The molecule has 0 saturated carbocycles. The number of rotatable bonds is 3. The van der Waals surface area contributed by atoms with Crippen molar-refractivity contribution in [2.75, 3.05) is 23.3 Å². The molecule has 2 N–H and O–H groups in total. The van der Waals surface area contributed by atoms with Gasteiger partial charge < -0.3 is 10.2 Å². The van der Waals surface area contributed by atoms with Gasteiger partial charge in [0, 0.05) is 18.8 Å². The average Bonchev–Trinajstić information content (AvgIpc) is 3.05. The maximum Gasteiger partial charge on any atom is 0.229 e. The van der Waals surface area contributed by atoms with Gasteiger partial charge in [-0.25, -0.2) is 4.39 Å². The summed E-state index contributed by atoms with van der Waals surface area (Å²) in [6.07, 6.45) is 2.93. The second-order valence-corrected chi connectivity index (χ2v) is 6.99. The van der Waals surface area contributed by atoms with E-state index in [0.717, 1.165) is 24.2 Å². The minimum absolute atomic E-state index is 0.265. The molecule has 0 radical (unpaired) electrons. The molecule has 6 nitrogen and oxygen atoms in total. The Kier molecular flexibility index (Phi) is 3.99. The molecule has 1 saturated heterocycles. The second-order valence-electron chi connectivity index (χ2n) is 6.99. The number of hydrogen-bond donors (Lipinski definition) is 2. The third-order valence-corrected chi connectivity index (χ3v) is 4.56. The van der Waals surface area contributed by atoms with Crippen molar-refractivity contribution >= 4 is 28.5 Å². The SMILES string of the molecule is CC1CC(C)CN(c2nc(Nc3ccc(F)cc3)c3cn[nH]c3n2)C1. The highest BCUT2D eigenvalue weighted by Gasteiger charge is 2.24. The molecule has 130 valence electrons. The highest BCUT2D eigenvalue weighted by molar-refractivity contribution is 5.89. The molecule has 2 aromatic heterocycles. The molecule has 1 aliphatic heterocycles. The van der Waals surface area contributed by atoms with Crippen LogP contribution in [0.2, 0.25) is 0 Å². The molecule has 1 aliphatic rings. The number of H-pyrrole nitrogens is 1. The number of nitrogens with zero attached hydrogens (tertiary/aromatic N) is 4. The van der Waals surface area contributed by atoms with Gasteiger partial charge in [0.2, 0.25) is 5.95 Å². The van der Waals surface area contributed by atoms with Gasteiger partial charge in [0.1, 0.15) is 11.6 Å². The summed E-state index contributed by atoms with van der Waals surface area (Å²) in [5.41, 5.74) is 1.47. The van der Waals surface area contributed by atoms with Crippen LogP contribution >= 0.6 is 0 Å². The highest BCUT2D eigenvalue weighted by Crippen LogP contribution is 2.28. The predicted octanol–water partition coefficient (Wildman–Crippen LogP) is 3.72. The van der Waals surface area contributed by atoms with E-state index in [-0.39, 0.29) is 5.82 Å². The minimum Gasteiger partial charge on any atom is -0.340 e. The standard InChI is InChI=1S/C18H21FN6/c1-11-7-12(2)10-25(9-11)18-22-16(15-8-20-24-17(15)23-18)21-14-5-3-13(19)4-6-14/h3-6,8,11-12H,7,9-10H2,1-2H3,(H2,20,21,22,23,24). The fourth-order valence-electron chi connectivity index (χ4n) is 3.56. The Morgan fingerprint density at radius 2 is 1.84 bits per heavy atom. The molecule has 1 fully saturated rings. The number of halogens is 1. The lowest BCUT2D eigenvalue weighted by Gasteiger charge is -2.35. The summed E-state index contributed by atoms with van der Waals surface area (Å²) < 4.78 is 13.1. The topological polar surface area (TPSA) is 69.7 Å². The predicted molar refractivity (Wildman–Crippen MR) is 96.5 cm³/mol. The number of hydrogen-bond acceptors (Lipinski definition) is 5. The number of anilines is 3. The lowest BCUT2D eigenvalue weighted by molar-refractivity contribution is 0.354. The van der Waals surface area contributed by atoms with E-state index in [1.54, 1.807) is 18.3 Å². The van der Waals surface area contributed by atoms with Crippen LogP contribution in [0.1, 0.15) is 20.3 Å². The molecule has 2 unspecified atom stereocenters. The molecular formula is C18H21FN6. The van der Waals surface area contributed by atoms with Crippen LogP contribution < -0.4 is 10.2 Å². The first-order valence-corrected chi connectivity index (χ1v) is 8.57. The van der Waals surface area contributed by atoms with Crippen molar-refractivity contribution in [3.05, 3.63) is 36.3 Å².